The summed E-state index contributed by atoms with van der Waals surface area (Å²) >= 11 is 0. The molecule has 0 aliphatic heterocycles. The highest BCUT2D eigenvalue weighted by Gasteiger charge is 2.17. The van der Waals surface area contributed by atoms with Crippen LogP contribution in [0.5, 0.6) is 0 Å². The number of aromatic nitrogens is 2. The minimum absolute atomic E-state index is 0.00276. The van der Waals surface area contributed by atoms with E-state index in [0.29, 0.717) is 5.82 Å². The van der Waals surface area contributed by atoms with Crippen LogP contribution in [0.1, 0.15) is 18.4 Å². The molecule has 0 spiro atoms. The monoisotopic (exact) mass is 281 g/mol. The van der Waals surface area contributed by atoms with Gasteiger partial charge >= 0.3 is 0 Å². The predicted octanol–water partition coefficient (Wildman–Crippen LogP) is 1.17. The molecule has 102 valence electrons. The Morgan fingerprint density at radius 2 is 2.00 bits per heavy atom. The van der Waals surface area contributed by atoms with Crippen molar-refractivity contribution in [3.8, 4) is 11.4 Å². The molecule has 1 atom stereocenters. The van der Waals surface area contributed by atoms with Gasteiger partial charge in [-0.2, -0.15) is 4.98 Å². The Balaban J connectivity index is 2.09. The molecule has 0 aliphatic rings. The molecule has 0 saturated carbocycles. The van der Waals surface area contributed by atoms with Crippen molar-refractivity contribution in [2.24, 2.45) is 5.73 Å². The fraction of sp³-hybridized carbons (Fsp3) is 0.333. The van der Waals surface area contributed by atoms with Crippen LogP contribution < -0.4 is 5.73 Å². The van der Waals surface area contributed by atoms with Crippen LogP contribution in [0.15, 0.2) is 34.9 Å². The lowest BCUT2D eigenvalue weighted by Crippen LogP contribution is -2.16. The zero-order chi connectivity index (χ0) is 13.9. The first-order valence-electron chi connectivity index (χ1n) is 5.78. The van der Waals surface area contributed by atoms with E-state index in [4.69, 9.17) is 10.3 Å². The molecule has 0 amide bonds. The summed E-state index contributed by atoms with van der Waals surface area (Å²) in [4.78, 5) is 4.18. The molecule has 1 aromatic carbocycles. The van der Waals surface area contributed by atoms with Gasteiger partial charge in [-0.1, -0.05) is 35.5 Å². The Bertz CT molecular complexity index is 637. The van der Waals surface area contributed by atoms with E-state index in [1.165, 1.54) is 6.26 Å². The van der Waals surface area contributed by atoms with Gasteiger partial charge in [0, 0.05) is 11.8 Å². The third-order valence-electron chi connectivity index (χ3n) is 2.59. The summed E-state index contributed by atoms with van der Waals surface area (Å²) in [5.41, 5.74) is 6.66. The second-order valence-electron chi connectivity index (χ2n) is 4.35. The summed E-state index contributed by atoms with van der Waals surface area (Å²) in [7, 11) is -3.04. The second-order valence-corrected chi connectivity index (χ2v) is 6.61. The number of nitrogens with zero attached hydrogens (tertiary/aromatic N) is 2. The van der Waals surface area contributed by atoms with Gasteiger partial charge in [0.05, 0.1) is 11.8 Å². The standard InChI is InChI=1S/C12H15N3O3S/c1-19(16,17)8-7-10(13)12-14-11(15-18-12)9-5-3-2-4-6-9/h2-6,10H,7-8,13H2,1H3/t10-/m1/s1. The summed E-state index contributed by atoms with van der Waals surface area (Å²) < 4.78 is 27.2. The number of nitrogens with two attached hydrogens (primary N) is 1. The van der Waals surface area contributed by atoms with Crippen molar-refractivity contribution in [3.05, 3.63) is 36.2 Å². The molecule has 0 fully saturated rings. The fourth-order valence-corrected chi connectivity index (χ4v) is 2.24. The quantitative estimate of drug-likeness (QED) is 0.883. The highest BCUT2D eigenvalue weighted by atomic mass is 32.2. The first-order chi connectivity index (χ1) is 8.96. The number of rotatable bonds is 5. The lowest BCUT2D eigenvalue weighted by Gasteiger charge is -2.04. The normalized spacial score (nSPS) is 13.4. The maximum Gasteiger partial charge on any atom is 0.243 e. The predicted molar refractivity (Wildman–Crippen MR) is 71.0 cm³/mol. The largest absolute Gasteiger partial charge is 0.337 e. The fourth-order valence-electron chi connectivity index (χ4n) is 1.55. The van der Waals surface area contributed by atoms with Gasteiger partial charge in [-0.3, -0.25) is 0 Å². The zero-order valence-electron chi connectivity index (χ0n) is 10.5. The van der Waals surface area contributed by atoms with Crippen molar-refractivity contribution in [2.75, 3.05) is 12.0 Å². The average molecular weight is 281 g/mol. The molecule has 6 nitrogen and oxygen atoms in total. The van der Waals surface area contributed by atoms with E-state index in [9.17, 15) is 8.42 Å². The van der Waals surface area contributed by atoms with E-state index in [2.05, 4.69) is 10.1 Å². The molecule has 19 heavy (non-hydrogen) atoms. The van der Waals surface area contributed by atoms with E-state index < -0.39 is 15.9 Å². The van der Waals surface area contributed by atoms with Gasteiger partial charge in [0.25, 0.3) is 0 Å². The van der Waals surface area contributed by atoms with Crippen LogP contribution in [0.25, 0.3) is 11.4 Å². The van der Waals surface area contributed by atoms with Gasteiger partial charge < -0.3 is 10.3 Å². The van der Waals surface area contributed by atoms with Crippen molar-refractivity contribution < 1.29 is 12.9 Å². The van der Waals surface area contributed by atoms with Crippen molar-refractivity contribution in [2.45, 2.75) is 12.5 Å². The molecular weight excluding hydrogens is 266 g/mol. The molecule has 1 heterocycles. The van der Waals surface area contributed by atoms with Crippen LogP contribution in [0.4, 0.5) is 0 Å². The van der Waals surface area contributed by atoms with Gasteiger partial charge in [0.2, 0.25) is 11.7 Å². The second kappa shape index (κ2) is 5.50. The van der Waals surface area contributed by atoms with Crippen molar-refractivity contribution in [1.82, 2.24) is 10.1 Å². The SMILES string of the molecule is CS(=O)(=O)CC[C@@H](N)c1nc(-c2ccccc2)no1. The maximum absolute atomic E-state index is 11.1. The summed E-state index contributed by atoms with van der Waals surface area (Å²) in [5.74, 6) is 0.699. The maximum atomic E-state index is 11.1. The van der Waals surface area contributed by atoms with E-state index in [1.54, 1.807) is 0 Å². The number of benzene rings is 1. The Morgan fingerprint density at radius 3 is 2.63 bits per heavy atom. The number of hydrogen-bond acceptors (Lipinski definition) is 6. The molecule has 2 N–H and O–H groups in total. The summed E-state index contributed by atoms with van der Waals surface area (Å²) in [6, 6.07) is 8.78. The van der Waals surface area contributed by atoms with Gasteiger partial charge in [-0.25, -0.2) is 8.42 Å². The molecule has 0 radical (unpaired) electrons. The molecular formula is C12H15N3O3S. The van der Waals surface area contributed by atoms with E-state index in [1.807, 2.05) is 30.3 Å². The molecule has 1 aromatic heterocycles. The van der Waals surface area contributed by atoms with E-state index in [-0.39, 0.29) is 18.1 Å². The summed E-state index contributed by atoms with van der Waals surface area (Å²) in [6.45, 7) is 0. The minimum Gasteiger partial charge on any atom is -0.337 e. The van der Waals surface area contributed by atoms with Gasteiger partial charge in [-0.05, 0) is 6.42 Å². The van der Waals surface area contributed by atoms with Gasteiger partial charge in [-0.15, -0.1) is 0 Å². The smallest absolute Gasteiger partial charge is 0.243 e. The summed E-state index contributed by atoms with van der Waals surface area (Å²) in [5, 5.41) is 3.84. The van der Waals surface area contributed by atoms with Crippen LogP contribution in [-0.4, -0.2) is 30.6 Å². The summed E-state index contributed by atoms with van der Waals surface area (Å²) in [6.07, 6.45) is 1.43. The Hall–Kier alpha value is -1.73. The third-order valence-corrected chi connectivity index (χ3v) is 3.57. The number of sulfone groups is 1. The van der Waals surface area contributed by atoms with Gasteiger partial charge in [0.1, 0.15) is 9.84 Å². The van der Waals surface area contributed by atoms with Crippen molar-refractivity contribution in [3.63, 3.8) is 0 Å². The highest BCUT2D eigenvalue weighted by molar-refractivity contribution is 7.90. The van der Waals surface area contributed by atoms with Crippen LogP contribution in [-0.2, 0) is 9.84 Å². The Labute approximate surface area is 111 Å². The zero-order valence-corrected chi connectivity index (χ0v) is 11.3. The highest BCUT2D eigenvalue weighted by Crippen LogP contribution is 2.19. The van der Waals surface area contributed by atoms with Crippen LogP contribution in [0, 0.1) is 0 Å². The first kappa shape index (κ1) is 13.7. The third kappa shape index (κ3) is 3.87. The molecule has 0 unspecified atom stereocenters. The van der Waals surface area contributed by atoms with Crippen LogP contribution >= 0.6 is 0 Å². The van der Waals surface area contributed by atoms with Crippen molar-refractivity contribution >= 4 is 9.84 Å². The first-order valence-corrected chi connectivity index (χ1v) is 7.84. The molecule has 0 aliphatic carbocycles. The van der Waals surface area contributed by atoms with Crippen LogP contribution in [0.3, 0.4) is 0 Å². The number of hydrogen-bond donors (Lipinski definition) is 1. The topological polar surface area (TPSA) is 99.1 Å². The van der Waals surface area contributed by atoms with Crippen LogP contribution in [0.2, 0.25) is 0 Å². The van der Waals surface area contributed by atoms with E-state index in [0.717, 1.165) is 5.56 Å². The van der Waals surface area contributed by atoms with Gasteiger partial charge in [0.15, 0.2) is 0 Å². The molecule has 0 saturated heterocycles. The average Bonchev–Trinajstić information content (AvgIpc) is 2.86. The Kier molecular flexibility index (Phi) is 3.96. The molecule has 2 rings (SSSR count). The molecule has 0 bridgehead atoms. The molecule has 7 heteroatoms. The minimum atomic E-state index is -3.04. The van der Waals surface area contributed by atoms with E-state index >= 15 is 0 Å². The Morgan fingerprint density at radius 1 is 1.32 bits per heavy atom. The lowest BCUT2D eigenvalue weighted by atomic mass is 10.2. The lowest BCUT2D eigenvalue weighted by molar-refractivity contribution is 0.352. The van der Waals surface area contributed by atoms with Crippen molar-refractivity contribution in [1.29, 1.82) is 0 Å². The molecule has 2 aromatic rings.